The van der Waals surface area contributed by atoms with E-state index in [1.807, 2.05) is 0 Å². The number of allylic oxidation sites excluding steroid dienone is 1. The fraction of sp³-hybridized carbons (Fsp3) is 0.385. The van der Waals surface area contributed by atoms with Crippen LogP contribution < -0.4 is 0 Å². The first-order chi connectivity index (χ1) is 6.57. The Hall–Kier alpha value is -0.823. The Kier molecular flexibility index (Phi) is 2.36. The summed E-state index contributed by atoms with van der Waals surface area (Å²) in [7, 11) is -0.962. The number of rotatable bonds is 1. The van der Waals surface area contributed by atoms with Crippen molar-refractivity contribution in [2.24, 2.45) is 0 Å². The van der Waals surface area contributed by atoms with E-state index in [0.29, 0.717) is 0 Å². The van der Waals surface area contributed by atoms with Gasteiger partial charge in [-0.25, -0.2) is 0 Å². The zero-order chi connectivity index (χ0) is 10.2. The first kappa shape index (κ1) is 9.72. The second-order valence-corrected chi connectivity index (χ2v) is 9.79. The molecule has 1 aromatic carbocycles. The Morgan fingerprint density at radius 1 is 1.07 bits per heavy atom. The SMILES string of the molecule is Cc1ccc(C2=C[Si](C)(C)CC2)cc1. The molecule has 0 nitrogen and oxygen atoms in total. The summed E-state index contributed by atoms with van der Waals surface area (Å²) in [6, 6.07) is 10.4. The van der Waals surface area contributed by atoms with E-state index in [0.717, 1.165) is 0 Å². The molecule has 0 saturated heterocycles. The molecule has 0 saturated carbocycles. The van der Waals surface area contributed by atoms with Gasteiger partial charge < -0.3 is 0 Å². The van der Waals surface area contributed by atoms with Crippen molar-refractivity contribution in [1.82, 2.24) is 0 Å². The molecular weight excluding hydrogens is 184 g/mol. The monoisotopic (exact) mass is 202 g/mol. The van der Waals surface area contributed by atoms with Crippen LogP contribution in [0.3, 0.4) is 0 Å². The zero-order valence-electron chi connectivity index (χ0n) is 9.30. The topological polar surface area (TPSA) is 0 Å². The highest BCUT2D eigenvalue weighted by Crippen LogP contribution is 2.33. The number of hydrogen-bond acceptors (Lipinski definition) is 0. The Bertz CT molecular complexity index is 357. The highest BCUT2D eigenvalue weighted by Gasteiger charge is 2.25. The van der Waals surface area contributed by atoms with E-state index < -0.39 is 8.07 Å². The van der Waals surface area contributed by atoms with Gasteiger partial charge in [0.2, 0.25) is 0 Å². The van der Waals surface area contributed by atoms with Gasteiger partial charge in [0.25, 0.3) is 0 Å². The number of hydrogen-bond donors (Lipinski definition) is 0. The zero-order valence-corrected chi connectivity index (χ0v) is 10.3. The minimum atomic E-state index is -0.962. The van der Waals surface area contributed by atoms with Gasteiger partial charge in [0.15, 0.2) is 0 Å². The number of benzene rings is 1. The molecule has 1 heterocycles. The van der Waals surface area contributed by atoms with Crippen LogP contribution in [0.15, 0.2) is 30.0 Å². The van der Waals surface area contributed by atoms with E-state index in [2.05, 4.69) is 50.0 Å². The quantitative estimate of drug-likeness (QED) is 0.603. The predicted octanol–water partition coefficient (Wildman–Crippen LogP) is 4.03. The molecule has 1 aliphatic rings. The maximum atomic E-state index is 2.57. The fourth-order valence-corrected chi connectivity index (χ4v) is 4.38. The second-order valence-electron chi connectivity index (χ2n) is 5.02. The van der Waals surface area contributed by atoms with Gasteiger partial charge in [-0.2, -0.15) is 0 Å². The molecule has 0 radical (unpaired) electrons. The van der Waals surface area contributed by atoms with Crippen molar-refractivity contribution in [3.05, 3.63) is 41.1 Å². The number of aryl methyl sites for hydroxylation is 1. The van der Waals surface area contributed by atoms with Crippen molar-refractivity contribution in [3.63, 3.8) is 0 Å². The normalized spacial score (nSPS) is 19.5. The maximum Gasteiger partial charge on any atom is 0.0724 e. The third-order valence-electron chi connectivity index (χ3n) is 3.03. The van der Waals surface area contributed by atoms with Gasteiger partial charge in [-0.05, 0) is 24.5 Å². The van der Waals surface area contributed by atoms with Crippen molar-refractivity contribution in [2.75, 3.05) is 0 Å². The van der Waals surface area contributed by atoms with Crippen LogP contribution in [-0.4, -0.2) is 8.07 Å². The standard InChI is InChI=1S/C13H18Si/c1-11-4-6-12(7-5-11)13-8-9-14(2,3)10-13/h4-7,10H,8-9H2,1-3H3. The van der Waals surface area contributed by atoms with Crippen LogP contribution in [0.1, 0.15) is 17.5 Å². The van der Waals surface area contributed by atoms with Gasteiger partial charge >= 0.3 is 0 Å². The van der Waals surface area contributed by atoms with Crippen LogP contribution in [0.5, 0.6) is 0 Å². The predicted molar refractivity (Wildman–Crippen MR) is 66.1 cm³/mol. The fourth-order valence-electron chi connectivity index (χ4n) is 2.07. The summed E-state index contributed by atoms with van der Waals surface area (Å²) in [6.45, 7) is 7.05. The van der Waals surface area contributed by atoms with Crippen LogP contribution in [0.4, 0.5) is 0 Å². The summed E-state index contributed by atoms with van der Waals surface area (Å²) in [5.41, 5.74) is 6.94. The molecule has 0 atom stereocenters. The van der Waals surface area contributed by atoms with Gasteiger partial charge in [-0.1, -0.05) is 54.7 Å². The van der Waals surface area contributed by atoms with Crippen LogP contribution in [0, 0.1) is 6.92 Å². The van der Waals surface area contributed by atoms with Gasteiger partial charge in [-0.3, -0.25) is 0 Å². The molecule has 1 aromatic rings. The summed E-state index contributed by atoms with van der Waals surface area (Å²) in [5, 5.41) is 0. The minimum absolute atomic E-state index is 0.962. The van der Waals surface area contributed by atoms with E-state index >= 15 is 0 Å². The lowest BCUT2D eigenvalue weighted by Gasteiger charge is -2.08. The Labute approximate surface area is 87.7 Å². The highest BCUT2D eigenvalue weighted by molar-refractivity contribution is 6.84. The lowest BCUT2D eigenvalue weighted by molar-refractivity contribution is 1.22. The van der Waals surface area contributed by atoms with Gasteiger partial charge in [0.05, 0.1) is 8.07 Å². The van der Waals surface area contributed by atoms with Crippen molar-refractivity contribution in [2.45, 2.75) is 32.5 Å². The van der Waals surface area contributed by atoms with Gasteiger partial charge in [-0.15, -0.1) is 0 Å². The summed E-state index contributed by atoms with van der Waals surface area (Å²) in [4.78, 5) is 0. The molecule has 1 aliphatic heterocycles. The highest BCUT2D eigenvalue weighted by atomic mass is 28.3. The van der Waals surface area contributed by atoms with E-state index in [1.165, 1.54) is 23.6 Å². The summed E-state index contributed by atoms with van der Waals surface area (Å²) < 4.78 is 0. The molecule has 0 fully saturated rings. The van der Waals surface area contributed by atoms with Gasteiger partial charge in [0, 0.05) is 0 Å². The first-order valence-corrected chi connectivity index (χ1v) is 8.64. The molecule has 2 rings (SSSR count). The summed E-state index contributed by atoms with van der Waals surface area (Å²) in [5.74, 6) is 0. The van der Waals surface area contributed by atoms with Crippen molar-refractivity contribution in [1.29, 1.82) is 0 Å². The smallest absolute Gasteiger partial charge is 0.0724 e. The lowest BCUT2D eigenvalue weighted by Crippen LogP contribution is -2.17. The molecule has 74 valence electrons. The lowest BCUT2D eigenvalue weighted by atomic mass is 10.0. The van der Waals surface area contributed by atoms with Crippen molar-refractivity contribution in [3.8, 4) is 0 Å². The third-order valence-corrected chi connectivity index (χ3v) is 5.69. The Morgan fingerprint density at radius 2 is 1.71 bits per heavy atom. The van der Waals surface area contributed by atoms with E-state index in [-0.39, 0.29) is 0 Å². The average molecular weight is 202 g/mol. The van der Waals surface area contributed by atoms with Crippen LogP contribution in [0.25, 0.3) is 5.57 Å². The van der Waals surface area contributed by atoms with E-state index in [9.17, 15) is 0 Å². The molecule has 0 aromatic heterocycles. The van der Waals surface area contributed by atoms with E-state index in [4.69, 9.17) is 0 Å². The van der Waals surface area contributed by atoms with Gasteiger partial charge in [0.1, 0.15) is 0 Å². The molecule has 1 heteroatoms. The van der Waals surface area contributed by atoms with Crippen molar-refractivity contribution >= 4 is 13.6 Å². The Morgan fingerprint density at radius 3 is 2.21 bits per heavy atom. The van der Waals surface area contributed by atoms with Crippen molar-refractivity contribution < 1.29 is 0 Å². The molecular formula is C13H18Si. The van der Waals surface area contributed by atoms with Crippen LogP contribution >= 0.6 is 0 Å². The third kappa shape index (κ3) is 1.98. The summed E-state index contributed by atoms with van der Waals surface area (Å²) in [6.07, 6.45) is 1.29. The molecule has 0 unspecified atom stereocenters. The van der Waals surface area contributed by atoms with E-state index in [1.54, 1.807) is 5.57 Å². The average Bonchev–Trinajstić information content (AvgIpc) is 2.47. The van der Waals surface area contributed by atoms with Crippen LogP contribution in [-0.2, 0) is 0 Å². The largest absolute Gasteiger partial charge is 0.0910 e. The first-order valence-electron chi connectivity index (χ1n) is 5.36. The minimum Gasteiger partial charge on any atom is -0.0910 e. The molecule has 0 spiro atoms. The summed E-state index contributed by atoms with van der Waals surface area (Å²) >= 11 is 0. The molecule has 0 bridgehead atoms. The maximum absolute atomic E-state index is 2.57. The Balaban J connectivity index is 2.29. The molecule has 0 N–H and O–H groups in total. The molecule has 14 heavy (non-hydrogen) atoms. The van der Waals surface area contributed by atoms with Crippen LogP contribution in [0.2, 0.25) is 19.1 Å². The molecule has 0 amide bonds. The molecule has 0 aliphatic carbocycles. The second kappa shape index (κ2) is 3.39.